The van der Waals surface area contributed by atoms with Crippen molar-refractivity contribution in [2.75, 3.05) is 11.4 Å². The zero-order valence-corrected chi connectivity index (χ0v) is 12.7. The van der Waals surface area contributed by atoms with Gasteiger partial charge in [0.1, 0.15) is 0 Å². The predicted molar refractivity (Wildman–Crippen MR) is 55.7 cm³/mol. The third kappa shape index (κ3) is 6.45. The molecule has 15 heavy (non-hydrogen) atoms. The largest absolute Gasteiger partial charge is 1.00 e. The van der Waals surface area contributed by atoms with Gasteiger partial charge in [0.25, 0.3) is 0 Å². The Morgan fingerprint density at radius 1 is 1.33 bits per heavy atom. The SMILES string of the molecule is Nc1ccc(SC[B-](F)(F)F)cc1Cl.[K+]. The van der Waals surface area contributed by atoms with E-state index in [1.165, 1.54) is 18.2 Å². The molecule has 0 spiro atoms. The minimum atomic E-state index is -4.76. The van der Waals surface area contributed by atoms with Gasteiger partial charge in [0.15, 0.2) is 0 Å². The Labute approximate surface area is 138 Å². The first-order chi connectivity index (χ1) is 6.38. The average Bonchev–Trinajstić information content (AvgIpc) is 2.06. The van der Waals surface area contributed by atoms with Crippen LogP contribution in [0.5, 0.6) is 0 Å². The first kappa shape index (κ1) is 16.2. The minimum absolute atomic E-state index is 0. The van der Waals surface area contributed by atoms with Crippen molar-refractivity contribution in [3.05, 3.63) is 23.2 Å². The molecule has 1 rings (SSSR count). The Bertz CT molecular complexity index is 337. The number of thioether (sulfide) groups is 1. The van der Waals surface area contributed by atoms with E-state index in [1.54, 1.807) is 0 Å². The van der Waals surface area contributed by atoms with Gasteiger partial charge in [0.05, 0.1) is 10.7 Å². The van der Waals surface area contributed by atoms with Gasteiger partial charge in [-0.25, -0.2) is 0 Å². The Kier molecular flexibility index (Phi) is 7.30. The second-order valence-corrected chi connectivity index (χ2v) is 4.21. The normalized spacial score (nSPS) is 10.9. The number of hydrogen-bond acceptors (Lipinski definition) is 2. The smallest absolute Gasteiger partial charge is 0.448 e. The monoisotopic (exact) mass is 279 g/mol. The van der Waals surface area contributed by atoms with E-state index in [2.05, 4.69) is 0 Å². The molecule has 0 saturated heterocycles. The maximum absolute atomic E-state index is 11.9. The number of hydrogen-bond donors (Lipinski definition) is 1. The Hall–Kier alpha value is 1.15. The third-order valence-electron chi connectivity index (χ3n) is 1.41. The summed E-state index contributed by atoms with van der Waals surface area (Å²) in [5.74, 6) is 0. The average molecular weight is 280 g/mol. The second kappa shape index (κ2) is 6.78. The number of benzene rings is 1. The molecule has 1 nitrogen and oxygen atoms in total. The van der Waals surface area contributed by atoms with Gasteiger partial charge in [-0.1, -0.05) is 11.6 Å². The van der Waals surface area contributed by atoms with Crippen LogP contribution in [-0.4, -0.2) is 12.6 Å². The standard InChI is InChI=1S/C7H7BClF3NS.K/c9-6-3-5(1-2-7(6)13)14-4-8(10,11)12;/h1-3H,4,13H2;/q-1;+1. The molecule has 0 atom stereocenters. The van der Waals surface area contributed by atoms with Crippen molar-refractivity contribution in [1.82, 2.24) is 0 Å². The van der Waals surface area contributed by atoms with Gasteiger partial charge in [-0.15, -0.1) is 0 Å². The molecular formula is C7H7BClF3KNS. The van der Waals surface area contributed by atoms with Crippen LogP contribution in [0.25, 0.3) is 0 Å². The zero-order chi connectivity index (χ0) is 10.8. The first-order valence-electron chi connectivity index (χ1n) is 3.77. The van der Waals surface area contributed by atoms with Gasteiger partial charge < -0.3 is 18.7 Å². The molecule has 0 aliphatic heterocycles. The minimum Gasteiger partial charge on any atom is -0.448 e. The van der Waals surface area contributed by atoms with Crippen LogP contribution < -0.4 is 57.1 Å². The van der Waals surface area contributed by atoms with E-state index in [4.69, 9.17) is 17.3 Å². The van der Waals surface area contributed by atoms with Crippen LogP contribution in [0, 0.1) is 0 Å². The summed E-state index contributed by atoms with van der Waals surface area (Å²) in [4.78, 5) is 0.475. The van der Waals surface area contributed by atoms with Crippen molar-refractivity contribution in [3.63, 3.8) is 0 Å². The molecule has 8 heteroatoms. The molecule has 0 radical (unpaired) electrons. The van der Waals surface area contributed by atoms with E-state index < -0.39 is 12.6 Å². The first-order valence-corrected chi connectivity index (χ1v) is 5.13. The predicted octanol–water partition coefficient (Wildman–Crippen LogP) is 0.405. The van der Waals surface area contributed by atoms with E-state index >= 15 is 0 Å². The molecule has 0 unspecified atom stereocenters. The van der Waals surface area contributed by atoms with Crippen molar-refractivity contribution in [1.29, 1.82) is 0 Å². The van der Waals surface area contributed by atoms with Gasteiger partial charge in [-0.2, -0.15) is 11.8 Å². The summed E-state index contributed by atoms with van der Waals surface area (Å²) in [6.07, 6.45) is 0. The Morgan fingerprint density at radius 3 is 2.40 bits per heavy atom. The van der Waals surface area contributed by atoms with Crippen LogP contribution in [0.4, 0.5) is 18.6 Å². The summed E-state index contributed by atoms with van der Waals surface area (Å²) in [5.41, 5.74) is 4.92. The fraction of sp³-hybridized carbons (Fsp3) is 0.143. The second-order valence-electron chi connectivity index (χ2n) is 2.70. The fourth-order valence-electron chi connectivity index (χ4n) is 0.788. The number of nitrogen functional groups attached to an aromatic ring is 1. The van der Waals surface area contributed by atoms with Gasteiger partial charge in [-0.05, 0) is 23.9 Å². The molecule has 0 aliphatic carbocycles. The van der Waals surface area contributed by atoms with Crippen LogP contribution in [-0.2, 0) is 0 Å². The van der Waals surface area contributed by atoms with Crippen molar-refractivity contribution in [3.8, 4) is 0 Å². The molecule has 0 aromatic heterocycles. The van der Waals surface area contributed by atoms with E-state index in [-0.39, 0.29) is 56.4 Å². The van der Waals surface area contributed by atoms with Crippen molar-refractivity contribution < 1.29 is 64.3 Å². The molecule has 2 N–H and O–H groups in total. The van der Waals surface area contributed by atoms with Crippen LogP contribution in [0.1, 0.15) is 0 Å². The van der Waals surface area contributed by atoms with Gasteiger partial charge in [0.2, 0.25) is 0 Å². The summed E-state index contributed by atoms with van der Waals surface area (Å²) in [7, 11) is 0. The van der Waals surface area contributed by atoms with E-state index in [1.807, 2.05) is 0 Å². The van der Waals surface area contributed by atoms with Crippen molar-refractivity contribution in [2.45, 2.75) is 4.90 Å². The maximum Gasteiger partial charge on any atom is 1.00 e. The molecule has 0 heterocycles. The molecule has 0 saturated carbocycles. The molecule has 0 fully saturated rings. The number of halogens is 4. The number of nitrogens with two attached hydrogens (primary N) is 1. The fourth-order valence-corrected chi connectivity index (χ4v) is 1.78. The van der Waals surface area contributed by atoms with Crippen LogP contribution >= 0.6 is 23.4 Å². The zero-order valence-electron chi connectivity index (χ0n) is 8.01. The summed E-state index contributed by atoms with van der Waals surface area (Å²) < 4.78 is 35.7. The van der Waals surface area contributed by atoms with Gasteiger partial charge in [-0.3, -0.25) is 0 Å². The third-order valence-corrected chi connectivity index (χ3v) is 2.87. The molecule has 78 valence electrons. The summed E-state index contributed by atoms with van der Waals surface area (Å²) in [6, 6.07) is 4.45. The van der Waals surface area contributed by atoms with Crippen LogP contribution in [0.2, 0.25) is 5.02 Å². The van der Waals surface area contributed by atoms with E-state index in [0.717, 1.165) is 0 Å². The molecule has 0 aliphatic rings. The Morgan fingerprint density at radius 2 is 1.93 bits per heavy atom. The Balaban J connectivity index is 0.00000196. The molecule has 1 aromatic carbocycles. The summed E-state index contributed by atoms with van der Waals surface area (Å²) in [6.45, 7) is -4.76. The van der Waals surface area contributed by atoms with Crippen LogP contribution in [0.3, 0.4) is 0 Å². The van der Waals surface area contributed by atoms with Crippen LogP contribution in [0.15, 0.2) is 23.1 Å². The van der Waals surface area contributed by atoms with Crippen molar-refractivity contribution in [2.24, 2.45) is 0 Å². The van der Waals surface area contributed by atoms with E-state index in [0.29, 0.717) is 22.3 Å². The quantitative estimate of drug-likeness (QED) is 0.493. The van der Waals surface area contributed by atoms with Gasteiger partial charge >= 0.3 is 58.4 Å². The molecule has 0 bridgehead atoms. The maximum atomic E-state index is 11.9. The topological polar surface area (TPSA) is 26.0 Å². The number of anilines is 1. The van der Waals surface area contributed by atoms with E-state index in [9.17, 15) is 12.9 Å². The summed E-state index contributed by atoms with van der Waals surface area (Å²) >= 11 is 6.36. The molecule has 0 amide bonds. The summed E-state index contributed by atoms with van der Waals surface area (Å²) in [5, 5.41) is 0.282. The molecule has 1 aromatic rings. The molecular weight excluding hydrogens is 273 g/mol. The van der Waals surface area contributed by atoms with Crippen molar-refractivity contribution >= 4 is 36.0 Å². The van der Waals surface area contributed by atoms with Gasteiger partial charge in [0, 0.05) is 4.90 Å². The number of rotatable bonds is 3.